The number of hydrogen-bond donors (Lipinski definition) is 2. The van der Waals surface area contributed by atoms with Crippen molar-refractivity contribution >= 4 is 34.3 Å². The standard InChI is InChI=1S/C30H36F3N3O4S/c1-35(2)24-18-34-23-5-4-20(40-3)16-21(23)28(24)25(37)6-7-30(17-27(38)39)8-10-36(11-9-30)12-13-41-26-15-19(31)14-22(32)29(26)33/h4-5,14-16,18,25,37H,6-13,17H2,1-3H3,(H,38,39). The Labute approximate surface area is 242 Å². The first kappa shape index (κ1) is 30.9. The highest BCUT2D eigenvalue weighted by Crippen LogP contribution is 2.43. The molecule has 2 aromatic carbocycles. The quantitative estimate of drug-likeness (QED) is 0.199. The Balaban J connectivity index is 1.43. The molecule has 1 aromatic heterocycles. The Hall–Kier alpha value is -3.02. The molecule has 11 heteroatoms. The number of anilines is 1. The van der Waals surface area contributed by atoms with Gasteiger partial charge in [-0.25, -0.2) is 13.2 Å². The first-order valence-electron chi connectivity index (χ1n) is 13.6. The van der Waals surface area contributed by atoms with Gasteiger partial charge in [0.05, 0.1) is 37.0 Å². The smallest absolute Gasteiger partial charge is 0.303 e. The van der Waals surface area contributed by atoms with Gasteiger partial charge in [0.2, 0.25) is 0 Å². The summed E-state index contributed by atoms with van der Waals surface area (Å²) in [4.78, 5) is 20.4. The van der Waals surface area contributed by atoms with Gasteiger partial charge in [0.15, 0.2) is 11.6 Å². The third kappa shape index (κ3) is 7.44. The molecule has 2 N–H and O–H groups in total. The van der Waals surface area contributed by atoms with Crippen molar-refractivity contribution < 1.29 is 32.9 Å². The van der Waals surface area contributed by atoms with Crippen LogP contribution in [0, 0.1) is 22.9 Å². The van der Waals surface area contributed by atoms with Gasteiger partial charge in [0, 0.05) is 48.3 Å². The van der Waals surface area contributed by atoms with E-state index < -0.39 is 34.9 Å². The zero-order valence-electron chi connectivity index (χ0n) is 23.5. The van der Waals surface area contributed by atoms with E-state index in [4.69, 9.17) is 4.74 Å². The van der Waals surface area contributed by atoms with E-state index in [-0.39, 0.29) is 11.3 Å². The number of thioether (sulfide) groups is 1. The maximum absolute atomic E-state index is 14.0. The van der Waals surface area contributed by atoms with Crippen LogP contribution in [-0.4, -0.2) is 72.7 Å². The highest BCUT2D eigenvalue weighted by molar-refractivity contribution is 7.99. The van der Waals surface area contributed by atoms with Crippen LogP contribution in [0.25, 0.3) is 10.9 Å². The minimum Gasteiger partial charge on any atom is -0.497 e. The van der Waals surface area contributed by atoms with Gasteiger partial charge in [-0.3, -0.25) is 9.78 Å². The van der Waals surface area contributed by atoms with E-state index in [2.05, 4.69) is 9.88 Å². The molecule has 0 radical (unpaired) electrons. The normalized spacial score (nSPS) is 16.1. The molecule has 1 saturated heterocycles. The molecule has 0 saturated carbocycles. The Morgan fingerprint density at radius 3 is 2.59 bits per heavy atom. The monoisotopic (exact) mass is 591 g/mol. The van der Waals surface area contributed by atoms with Crippen molar-refractivity contribution in [3.8, 4) is 5.75 Å². The number of aliphatic hydroxyl groups excluding tert-OH is 1. The zero-order valence-corrected chi connectivity index (χ0v) is 24.3. The Bertz CT molecular complexity index is 1380. The van der Waals surface area contributed by atoms with Crippen LogP contribution < -0.4 is 9.64 Å². The molecule has 41 heavy (non-hydrogen) atoms. The topological polar surface area (TPSA) is 86.1 Å². The van der Waals surface area contributed by atoms with Crippen molar-refractivity contribution in [2.45, 2.75) is 43.1 Å². The maximum Gasteiger partial charge on any atom is 0.303 e. The van der Waals surface area contributed by atoms with Crippen LogP contribution in [0.5, 0.6) is 5.75 Å². The molecule has 1 atom stereocenters. The summed E-state index contributed by atoms with van der Waals surface area (Å²) >= 11 is 1.06. The number of carboxylic acids is 1. The predicted octanol–water partition coefficient (Wildman–Crippen LogP) is 5.89. The third-order valence-electron chi connectivity index (χ3n) is 7.93. The lowest BCUT2D eigenvalue weighted by molar-refractivity contribution is -0.141. The Morgan fingerprint density at radius 1 is 1.20 bits per heavy atom. The van der Waals surface area contributed by atoms with Gasteiger partial charge in [-0.1, -0.05) is 0 Å². The molecule has 1 fully saturated rings. The largest absolute Gasteiger partial charge is 0.497 e. The van der Waals surface area contributed by atoms with E-state index >= 15 is 0 Å². The van der Waals surface area contributed by atoms with E-state index in [1.165, 1.54) is 0 Å². The Morgan fingerprint density at radius 2 is 1.93 bits per heavy atom. The number of fused-ring (bicyclic) bond motifs is 1. The van der Waals surface area contributed by atoms with Crippen molar-refractivity contribution in [3.05, 3.63) is 59.5 Å². The van der Waals surface area contributed by atoms with Gasteiger partial charge in [0.25, 0.3) is 0 Å². The van der Waals surface area contributed by atoms with Crippen LogP contribution in [0.2, 0.25) is 0 Å². The summed E-state index contributed by atoms with van der Waals surface area (Å²) in [7, 11) is 5.36. The summed E-state index contributed by atoms with van der Waals surface area (Å²) in [6.45, 7) is 1.86. The Kier molecular flexibility index (Phi) is 10.0. The summed E-state index contributed by atoms with van der Waals surface area (Å²) in [6, 6.07) is 7.05. The van der Waals surface area contributed by atoms with Crippen LogP contribution in [-0.2, 0) is 4.79 Å². The second-order valence-electron chi connectivity index (χ2n) is 10.8. The number of piperidine rings is 1. The number of carbonyl (C=O) groups is 1. The number of hydrogen-bond acceptors (Lipinski definition) is 7. The van der Waals surface area contributed by atoms with Gasteiger partial charge in [-0.2, -0.15) is 0 Å². The van der Waals surface area contributed by atoms with Gasteiger partial charge >= 0.3 is 5.97 Å². The lowest BCUT2D eigenvalue weighted by Crippen LogP contribution is -2.42. The summed E-state index contributed by atoms with van der Waals surface area (Å²) in [5.74, 6) is -2.85. The second kappa shape index (κ2) is 13.3. The molecule has 3 aromatic rings. The van der Waals surface area contributed by atoms with Gasteiger partial charge in [-0.05, 0) is 68.5 Å². The fourth-order valence-electron chi connectivity index (χ4n) is 5.61. The van der Waals surface area contributed by atoms with Gasteiger partial charge in [-0.15, -0.1) is 11.8 Å². The van der Waals surface area contributed by atoms with Crippen LogP contribution in [0.15, 0.2) is 41.4 Å². The number of nitrogens with zero attached hydrogens (tertiary/aromatic N) is 3. The number of carboxylic acid groups (broad SMARTS) is 1. The molecule has 1 unspecified atom stereocenters. The van der Waals surface area contributed by atoms with Crippen molar-refractivity contribution in [2.75, 3.05) is 51.5 Å². The number of rotatable bonds is 12. The number of benzene rings is 2. The summed E-state index contributed by atoms with van der Waals surface area (Å²) in [5, 5.41) is 22.0. The SMILES string of the molecule is COc1ccc2ncc(N(C)C)c(C(O)CCC3(CC(=O)O)CCN(CCSc4cc(F)cc(F)c4F)CC3)c2c1. The van der Waals surface area contributed by atoms with E-state index in [9.17, 15) is 28.2 Å². The van der Waals surface area contributed by atoms with Crippen molar-refractivity contribution in [2.24, 2.45) is 5.41 Å². The van der Waals surface area contributed by atoms with Crippen LogP contribution in [0.3, 0.4) is 0 Å². The summed E-state index contributed by atoms with van der Waals surface area (Å²) in [6.07, 6.45) is 3.06. The van der Waals surface area contributed by atoms with Crippen molar-refractivity contribution in [1.82, 2.24) is 9.88 Å². The van der Waals surface area contributed by atoms with Crippen molar-refractivity contribution in [3.63, 3.8) is 0 Å². The molecule has 0 spiro atoms. The summed E-state index contributed by atoms with van der Waals surface area (Å²) in [5.41, 5.74) is 1.78. The van der Waals surface area contributed by atoms with E-state index in [1.54, 1.807) is 13.3 Å². The number of pyridine rings is 1. The van der Waals surface area contributed by atoms with Crippen LogP contribution in [0.4, 0.5) is 18.9 Å². The molecule has 2 heterocycles. The molecular formula is C30H36F3N3O4S. The summed E-state index contributed by atoms with van der Waals surface area (Å²) < 4.78 is 46.4. The molecule has 0 amide bonds. The van der Waals surface area contributed by atoms with Crippen LogP contribution >= 0.6 is 11.8 Å². The van der Waals surface area contributed by atoms with Crippen LogP contribution in [0.1, 0.15) is 43.8 Å². The molecule has 1 aliphatic heterocycles. The first-order chi connectivity index (χ1) is 19.5. The molecule has 4 rings (SSSR count). The number of ether oxygens (including phenoxy) is 1. The van der Waals surface area contributed by atoms with Gasteiger partial charge < -0.3 is 24.7 Å². The van der Waals surface area contributed by atoms with Gasteiger partial charge in [0.1, 0.15) is 11.6 Å². The minimum atomic E-state index is -1.21. The maximum atomic E-state index is 14.0. The first-order valence-corrected chi connectivity index (χ1v) is 14.5. The molecule has 0 bridgehead atoms. The van der Waals surface area contributed by atoms with Crippen molar-refractivity contribution in [1.29, 1.82) is 0 Å². The number of aromatic nitrogens is 1. The average molecular weight is 592 g/mol. The molecule has 0 aliphatic carbocycles. The number of aliphatic carboxylic acids is 1. The number of halogens is 3. The minimum absolute atomic E-state index is 0.00153. The third-order valence-corrected chi connectivity index (χ3v) is 8.92. The fourth-order valence-corrected chi connectivity index (χ4v) is 6.60. The fraction of sp³-hybridized carbons (Fsp3) is 0.467. The predicted molar refractivity (Wildman–Crippen MR) is 154 cm³/mol. The van der Waals surface area contributed by atoms with E-state index in [0.29, 0.717) is 62.9 Å². The molecule has 7 nitrogen and oxygen atoms in total. The lowest BCUT2D eigenvalue weighted by atomic mass is 9.71. The molecular weight excluding hydrogens is 555 g/mol. The average Bonchev–Trinajstić information content (AvgIpc) is 2.94. The number of likely N-dealkylation sites (tertiary alicyclic amines) is 1. The van der Waals surface area contributed by atoms with E-state index in [0.717, 1.165) is 40.0 Å². The van der Waals surface area contributed by atoms with E-state index in [1.807, 2.05) is 37.2 Å². The molecule has 1 aliphatic rings. The lowest BCUT2D eigenvalue weighted by Gasteiger charge is -2.41. The molecule has 222 valence electrons. The zero-order chi connectivity index (χ0) is 29.7. The number of aliphatic hydroxyl groups is 1. The number of methoxy groups -OCH3 is 1. The highest BCUT2D eigenvalue weighted by Gasteiger charge is 2.37. The highest BCUT2D eigenvalue weighted by atomic mass is 32.2. The second-order valence-corrected chi connectivity index (χ2v) is 12.0.